The molecule has 2 saturated heterocycles. The van der Waals surface area contributed by atoms with Gasteiger partial charge in [-0.25, -0.2) is 15.0 Å². The number of nitrogens with one attached hydrogen (secondary N) is 1. The van der Waals surface area contributed by atoms with Crippen molar-refractivity contribution in [2.24, 2.45) is 5.41 Å². The van der Waals surface area contributed by atoms with Crippen LogP contribution in [0.15, 0.2) is 18.7 Å². The molecule has 6 nitrogen and oxygen atoms in total. The molecule has 1 spiro atoms. The Bertz CT molecular complexity index is 447. The maximum atomic E-state index is 12.0. The zero-order valence-electron chi connectivity index (χ0n) is 11.2. The molecule has 0 unspecified atom stereocenters. The molecule has 0 atom stereocenters. The Balaban J connectivity index is 1.51. The zero-order valence-corrected chi connectivity index (χ0v) is 11.2. The molecular weight excluding hydrogens is 242 g/mol. The van der Waals surface area contributed by atoms with E-state index in [1.165, 1.54) is 31.8 Å². The Kier molecular flexibility index (Phi) is 3.20. The van der Waals surface area contributed by atoms with Crippen LogP contribution in [0.25, 0.3) is 0 Å². The lowest BCUT2D eigenvalue weighted by molar-refractivity contribution is -0.0402. The number of hydrogen-bond acceptors (Lipinski definition) is 5. The van der Waals surface area contributed by atoms with Gasteiger partial charge in [-0.1, -0.05) is 0 Å². The van der Waals surface area contributed by atoms with Gasteiger partial charge in [0.2, 0.25) is 0 Å². The van der Waals surface area contributed by atoms with E-state index >= 15 is 0 Å². The summed E-state index contributed by atoms with van der Waals surface area (Å²) in [6.45, 7) is 4.24. The minimum absolute atomic E-state index is 0.123. The lowest BCUT2D eigenvalue weighted by Crippen LogP contribution is -2.60. The number of hydrogen-bond donors (Lipinski definition) is 1. The Morgan fingerprint density at radius 3 is 2.47 bits per heavy atom. The van der Waals surface area contributed by atoms with Gasteiger partial charge < -0.3 is 4.90 Å². The van der Waals surface area contributed by atoms with Gasteiger partial charge in [-0.3, -0.25) is 10.2 Å². The molecule has 6 heteroatoms. The van der Waals surface area contributed by atoms with Gasteiger partial charge in [0.25, 0.3) is 5.91 Å². The molecule has 2 aliphatic heterocycles. The van der Waals surface area contributed by atoms with Crippen LogP contribution >= 0.6 is 0 Å². The molecule has 0 aromatic carbocycles. The predicted octanol–water partition coefficient (Wildman–Crippen LogP) is 0.149. The monoisotopic (exact) mass is 261 g/mol. The van der Waals surface area contributed by atoms with Crippen molar-refractivity contribution >= 4 is 5.91 Å². The fourth-order valence-corrected chi connectivity index (χ4v) is 3.13. The van der Waals surface area contributed by atoms with Crippen LogP contribution in [0.2, 0.25) is 0 Å². The highest BCUT2D eigenvalue weighted by Gasteiger charge is 2.43. The third-order valence-corrected chi connectivity index (χ3v) is 4.12. The van der Waals surface area contributed by atoms with Gasteiger partial charge in [0, 0.05) is 38.6 Å². The van der Waals surface area contributed by atoms with Crippen LogP contribution in [0.4, 0.5) is 0 Å². The molecule has 1 aromatic heterocycles. The minimum atomic E-state index is -0.123. The van der Waals surface area contributed by atoms with E-state index in [9.17, 15) is 4.79 Å². The second kappa shape index (κ2) is 4.86. The summed E-state index contributed by atoms with van der Waals surface area (Å²) in [5, 5.41) is 2.01. The summed E-state index contributed by atoms with van der Waals surface area (Å²) in [6, 6.07) is 0. The number of rotatable bonds is 2. The number of carbonyl (C=O) groups is 1. The molecule has 0 bridgehead atoms. The highest BCUT2D eigenvalue weighted by atomic mass is 16.2. The van der Waals surface area contributed by atoms with Crippen molar-refractivity contribution in [2.45, 2.75) is 12.8 Å². The number of carbonyl (C=O) groups excluding carboxylic acids is 1. The van der Waals surface area contributed by atoms with Gasteiger partial charge >= 0.3 is 0 Å². The summed E-state index contributed by atoms with van der Waals surface area (Å²) in [5.41, 5.74) is 3.94. The number of nitrogens with zero attached hydrogens (tertiary/aromatic N) is 4. The number of aromatic nitrogens is 2. The fourth-order valence-electron chi connectivity index (χ4n) is 3.13. The highest BCUT2D eigenvalue weighted by Crippen LogP contribution is 2.38. The molecule has 0 aliphatic carbocycles. The first-order valence-corrected chi connectivity index (χ1v) is 6.66. The third kappa shape index (κ3) is 2.59. The van der Waals surface area contributed by atoms with Gasteiger partial charge in [0.15, 0.2) is 0 Å². The quantitative estimate of drug-likeness (QED) is 0.821. The van der Waals surface area contributed by atoms with Crippen LogP contribution in [0.1, 0.15) is 23.2 Å². The van der Waals surface area contributed by atoms with Crippen LogP contribution < -0.4 is 5.43 Å². The van der Waals surface area contributed by atoms with Crippen LogP contribution in [0.3, 0.4) is 0 Å². The SMILES string of the molecule is CN1CC2(CCN(NC(=O)c3cncnc3)CC2)C1. The van der Waals surface area contributed by atoms with Gasteiger partial charge in [0.1, 0.15) is 6.33 Å². The van der Waals surface area contributed by atoms with E-state index < -0.39 is 0 Å². The Morgan fingerprint density at radius 2 is 1.89 bits per heavy atom. The van der Waals surface area contributed by atoms with E-state index in [4.69, 9.17) is 0 Å². The molecule has 1 amide bonds. The normalized spacial score (nSPS) is 23.0. The highest BCUT2D eigenvalue weighted by molar-refractivity contribution is 5.93. The molecule has 102 valence electrons. The van der Waals surface area contributed by atoms with Crippen molar-refractivity contribution in [3.05, 3.63) is 24.3 Å². The van der Waals surface area contributed by atoms with Crippen molar-refractivity contribution in [1.29, 1.82) is 0 Å². The van der Waals surface area contributed by atoms with E-state index in [2.05, 4.69) is 27.3 Å². The number of hydrazine groups is 1. The van der Waals surface area contributed by atoms with E-state index in [-0.39, 0.29) is 5.91 Å². The van der Waals surface area contributed by atoms with Crippen molar-refractivity contribution in [3.63, 3.8) is 0 Å². The maximum Gasteiger partial charge on any atom is 0.268 e. The largest absolute Gasteiger partial charge is 0.305 e. The molecule has 0 saturated carbocycles. The lowest BCUT2D eigenvalue weighted by atomic mass is 9.72. The number of amides is 1. The topological polar surface area (TPSA) is 61.4 Å². The minimum Gasteiger partial charge on any atom is -0.305 e. The fraction of sp³-hybridized carbons (Fsp3) is 0.615. The summed E-state index contributed by atoms with van der Waals surface area (Å²) in [4.78, 5) is 22.0. The molecule has 0 radical (unpaired) electrons. The molecule has 3 heterocycles. The molecule has 2 aliphatic rings. The smallest absolute Gasteiger partial charge is 0.268 e. The first-order valence-electron chi connectivity index (χ1n) is 6.66. The summed E-state index contributed by atoms with van der Waals surface area (Å²) in [5.74, 6) is -0.123. The van der Waals surface area contributed by atoms with Crippen LogP contribution in [-0.4, -0.2) is 59.0 Å². The van der Waals surface area contributed by atoms with E-state index in [1.54, 1.807) is 0 Å². The van der Waals surface area contributed by atoms with Crippen LogP contribution in [0.5, 0.6) is 0 Å². The summed E-state index contributed by atoms with van der Waals surface area (Å²) in [6.07, 6.45) is 6.81. The average Bonchev–Trinajstić information content (AvgIpc) is 2.41. The second-order valence-electron chi connectivity index (χ2n) is 5.73. The van der Waals surface area contributed by atoms with Crippen LogP contribution in [-0.2, 0) is 0 Å². The van der Waals surface area contributed by atoms with Crippen molar-refractivity contribution in [3.8, 4) is 0 Å². The number of likely N-dealkylation sites (tertiary alicyclic amines) is 1. The second-order valence-corrected chi connectivity index (χ2v) is 5.73. The van der Waals surface area contributed by atoms with Crippen molar-refractivity contribution in [1.82, 2.24) is 25.3 Å². The molecular formula is C13H19N5O. The van der Waals surface area contributed by atoms with Crippen molar-refractivity contribution in [2.75, 3.05) is 33.2 Å². The van der Waals surface area contributed by atoms with E-state index in [0.29, 0.717) is 11.0 Å². The van der Waals surface area contributed by atoms with Crippen molar-refractivity contribution < 1.29 is 4.79 Å². The number of piperidine rings is 1. The third-order valence-electron chi connectivity index (χ3n) is 4.12. The Morgan fingerprint density at radius 1 is 1.26 bits per heavy atom. The maximum absolute atomic E-state index is 12.0. The summed E-state index contributed by atoms with van der Waals surface area (Å²) >= 11 is 0. The molecule has 1 aromatic rings. The van der Waals surface area contributed by atoms with Gasteiger partial charge in [-0.15, -0.1) is 0 Å². The summed E-state index contributed by atoms with van der Waals surface area (Å²) < 4.78 is 0. The van der Waals surface area contributed by atoms with E-state index in [0.717, 1.165) is 25.9 Å². The molecule has 2 fully saturated rings. The zero-order chi connectivity index (χ0) is 13.3. The van der Waals surface area contributed by atoms with Gasteiger partial charge in [-0.2, -0.15) is 0 Å². The standard InChI is InChI=1S/C13H19N5O/c1-17-8-13(9-17)2-4-18(5-3-13)16-12(19)11-6-14-10-15-7-11/h6-7,10H,2-5,8-9H2,1H3,(H,16,19). The van der Waals surface area contributed by atoms with Gasteiger partial charge in [-0.05, 0) is 25.3 Å². The Labute approximate surface area is 112 Å². The first kappa shape index (κ1) is 12.5. The molecule has 3 rings (SSSR count). The van der Waals surface area contributed by atoms with Gasteiger partial charge in [0.05, 0.1) is 5.56 Å². The van der Waals surface area contributed by atoms with E-state index in [1.807, 2.05) is 5.01 Å². The predicted molar refractivity (Wildman–Crippen MR) is 70.2 cm³/mol. The lowest BCUT2D eigenvalue weighted by Gasteiger charge is -2.52. The average molecular weight is 261 g/mol. The summed E-state index contributed by atoms with van der Waals surface area (Å²) in [7, 11) is 2.16. The Hall–Kier alpha value is -1.53. The molecule has 19 heavy (non-hydrogen) atoms. The first-order chi connectivity index (χ1) is 9.17. The molecule has 1 N–H and O–H groups in total. The van der Waals surface area contributed by atoms with Crippen LogP contribution in [0, 0.1) is 5.41 Å².